The molecule has 3 atom stereocenters. The van der Waals surface area contributed by atoms with Gasteiger partial charge in [0.25, 0.3) is 0 Å². The Hall–Kier alpha value is -0.0400. The van der Waals surface area contributed by atoms with Crippen LogP contribution in [0.5, 0.6) is 0 Å². The van der Waals surface area contributed by atoms with Crippen molar-refractivity contribution in [3.05, 3.63) is 0 Å². The summed E-state index contributed by atoms with van der Waals surface area (Å²) in [7, 11) is 0. The third kappa shape index (κ3) is 6.94. The van der Waals surface area contributed by atoms with Gasteiger partial charge in [0.2, 0.25) is 0 Å². The molecule has 0 radical (unpaired) electrons. The Morgan fingerprint density at radius 3 is 1.93 bits per heavy atom. The van der Waals surface area contributed by atoms with E-state index in [2.05, 4.69) is 13.8 Å². The standard InChI is InChI=1S/C10H21N.2C2H6/c1-3-9-6-8(2)4-5-10(9)7-11;2*1-2/h8-10H,3-7,11H2,1-2H3;2*1-2H3. The van der Waals surface area contributed by atoms with Crippen LogP contribution in [0.1, 0.15) is 67.2 Å². The summed E-state index contributed by atoms with van der Waals surface area (Å²) in [6, 6.07) is 0. The molecule has 2 N–H and O–H groups in total. The Balaban J connectivity index is 0. The first-order valence-electron chi connectivity index (χ1n) is 6.98. The minimum absolute atomic E-state index is 0.830. The fourth-order valence-corrected chi connectivity index (χ4v) is 2.37. The molecule has 1 nitrogen and oxygen atoms in total. The number of hydrogen-bond acceptors (Lipinski definition) is 1. The molecule has 0 heterocycles. The summed E-state index contributed by atoms with van der Waals surface area (Å²) in [5.41, 5.74) is 5.71. The highest BCUT2D eigenvalue weighted by atomic mass is 14.6. The summed E-state index contributed by atoms with van der Waals surface area (Å²) in [5, 5.41) is 0. The van der Waals surface area contributed by atoms with Crippen molar-refractivity contribution in [3.63, 3.8) is 0 Å². The maximum Gasteiger partial charge on any atom is -0.00462 e. The van der Waals surface area contributed by atoms with Gasteiger partial charge in [0.05, 0.1) is 0 Å². The van der Waals surface area contributed by atoms with Crippen LogP contribution in [-0.2, 0) is 0 Å². The van der Waals surface area contributed by atoms with Crippen molar-refractivity contribution < 1.29 is 0 Å². The summed E-state index contributed by atoms with van der Waals surface area (Å²) in [6.45, 7) is 13.6. The molecule has 0 aliphatic heterocycles. The molecule has 94 valence electrons. The highest BCUT2D eigenvalue weighted by molar-refractivity contribution is 4.78. The van der Waals surface area contributed by atoms with E-state index in [9.17, 15) is 0 Å². The zero-order chi connectivity index (χ0) is 12.3. The fourth-order valence-electron chi connectivity index (χ4n) is 2.37. The van der Waals surface area contributed by atoms with E-state index in [0.29, 0.717) is 0 Å². The molecule has 1 aliphatic rings. The van der Waals surface area contributed by atoms with Gasteiger partial charge in [0.1, 0.15) is 0 Å². The Morgan fingerprint density at radius 2 is 1.53 bits per heavy atom. The Morgan fingerprint density at radius 1 is 1.00 bits per heavy atom. The lowest BCUT2D eigenvalue weighted by Crippen LogP contribution is -2.29. The predicted octanol–water partition coefficient (Wildman–Crippen LogP) is 4.46. The normalized spacial score (nSPS) is 29.4. The zero-order valence-electron chi connectivity index (χ0n) is 11.8. The second kappa shape index (κ2) is 12.0. The molecule has 1 rings (SSSR count). The maximum absolute atomic E-state index is 5.71. The second-order valence-corrected chi connectivity index (χ2v) is 4.08. The molecule has 0 aromatic rings. The van der Waals surface area contributed by atoms with Crippen molar-refractivity contribution in [2.24, 2.45) is 23.5 Å². The van der Waals surface area contributed by atoms with Gasteiger partial charge < -0.3 is 5.73 Å². The van der Waals surface area contributed by atoms with Crippen LogP contribution in [-0.4, -0.2) is 6.54 Å². The molecule has 0 aromatic carbocycles. The SMILES string of the molecule is CC.CC.CCC1CC(C)CCC1CN. The molecule has 3 unspecified atom stereocenters. The zero-order valence-corrected chi connectivity index (χ0v) is 11.8. The van der Waals surface area contributed by atoms with Crippen molar-refractivity contribution in [1.82, 2.24) is 0 Å². The van der Waals surface area contributed by atoms with Crippen LogP contribution >= 0.6 is 0 Å². The first-order chi connectivity index (χ1) is 7.27. The lowest BCUT2D eigenvalue weighted by atomic mass is 9.73. The number of rotatable bonds is 2. The topological polar surface area (TPSA) is 26.0 Å². The fraction of sp³-hybridized carbons (Fsp3) is 1.00. The van der Waals surface area contributed by atoms with E-state index in [-0.39, 0.29) is 0 Å². The smallest absolute Gasteiger partial charge is 0.00462 e. The molecule has 1 fully saturated rings. The lowest BCUT2D eigenvalue weighted by molar-refractivity contribution is 0.189. The minimum atomic E-state index is 0.830. The van der Waals surface area contributed by atoms with Crippen molar-refractivity contribution in [1.29, 1.82) is 0 Å². The van der Waals surface area contributed by atoms with Crippen LogP contribution < -0.4 is 5.73 Å². The molecule has 15 heavy (non-hydrogen) atoms. The molecule has 1 saturated carbocycles. The van der Waals surface area contributed by atoms with E-state index in [1.54, 1.807) is 0 Å². The van der Waals surface area contributed by atoms with Gasteiger partial charge in [-0.1, -0.05) is 54.4 Å². The quantitative estimate of drug-likeness (QED) is 0.723. The molecule has 0 spiro atoms. The highest BCUT2D eigenvalue weighted by Crippen LogP contribution is 2.34. The van der Waals surface area contributed by atoms with Crippen molar-refractivity contribution in [2.45, 2.75) is 67.2 Å². The van der Waals surface area contributed by atoms with Crippen LogP contribution in [0.4, 0.5) is 0 Å². The summed E-state index contributed by atoms with van der Waals surface area (Å²) >= 11 is 0. The van der Waals surface area contributed by atoms with E-state index in [4.69, 9.17) is 5.73 Å². The lowest BCUT2D eigenvalue weighted by Gasteiger charge is -2.33. The van der Waals surface area contributed by atoms with E-state index in [1.165, 1.54) is 25.7 Å². The van der Waals surface area contributed by atoms with E-state index in [1.807, 2.05) is 27.7 Å². The second-order valence-electron chi connectivity index (χ2n) is 4.08. The van der Waals surface area contributed by atoms with Crippen molar-refractivity contribution in [2.75, 3.05) is 6.54 Å². The van der Waals surface area contributed by atoms with Crippen molar-refractivity contribution >= 4 is 0 Å². The first kappa shape index (κ1) is 17.4. The van der Waals surface area contributed by atoms with Gasteiger partial charge in [-0.2, -0.15) is 0 Å². The van der Waals surface area contributed by atoms with Crippen LogP contribution in [0, 0.1) is 17.8 Å². The first-order valence-corrected chi connectivity index (χ1v) is 6.98. The molecular formula is C14H33N. The highest BCUT2D eigenvalue weighted by Gasteiger charge is 2.25. The Kier molecular flexibility index (Phi) is 13.9. The summed E-state index contributed by atoms with van der Waals surface area (Å²) in [4.78, 5) is 0. The average Bonchev–Trinajstić information content (AvgIpc) is 2.34. The molecule has 0 saturated heterocycles. The molecule has 0 aromatic heterocycles. The third-order valence-electron chi connectivity index (χ3n) is 3.23. The van der Waals surface area contributed by atoms with Gasteiger partial charge in [0, 0.05) is 0 Å². The predicted molar refractivity (Wildman–Crippen MR) is 72.0 cm³/mol. The van der Waals surface area contributed by atoms with Gasteiger partial charge in [0.15, 0.2) is 0 Å². The summed E-state index contributed by atoms with van der Waals surface area (Å²) < 4.78 is 0. The Bertz CT molecular complexity index is 112. The monoisotopic (exact) mass is 215 g/mol. The van der Waals surface area contributed by atoms with Crippen LogP contribution in [0.25, 0.3) is 0 Å². The van der Waals surface area contributed by atoms with Crippen LogP contribution in [0.3, 0.4) is 0 Å². The van der Waals surface area contributed by atoms with E-state index >= 15 is 0 Å². The van der Waals surface area contributed by atoms with Gasteiger partial charge in [-0.15, -0.1) is 0 Å². The summed E-state index contributed by atoms with van der Waals surface area (Å²) in [5.74, 6) is 2.70. The third-order valence-corrected chi connectivity index (χ3v) is 3.23. The number of nitrogens with two attached hydrogens (primary N) is 1. The van der Waals surface area contributed by atoms with Gasteiger partial charge in [-0.25, -0.2) is 0 Å². The molecular weight excluding hydrogens is 182 g/mol. The van der Waals surface area contributed by atoms with Crippen LogP contribution in [0.15, 0.2) is 0 Å². The van der Waals surface area contributed by atoms with E-state index < -0.39 is 0 Å². The van der Waals surface area contributed by atoms with Gasteiger partial charge >= 0.3 is 0 Å². The molecule has 1 heteroatoms. The maximum atomic E-state index is 5.71. The largest absolute Gasteiger partial charge is 0.330 e. The Labute approximate surface area is 97.8 Å². The average molecular weight is 215 g/mol. The van der Waals surface area contributed by atoms with E-state index in [0.717, 1.165) is 24.3 Å². The minimum Gasteiger partial charge on any atom is -0.330 e. The van der Waals surface area contributed by atoms with Crippen molar-refractivity contribution in [3.8, 4) is 0 Å². The molecule has 0 amide bonds. The summed E-state index contributed by atoms with van der Waals surface area (Å²) in [6.07, 6.45) is 5.51. The number of hydrogen-bond donors (Lipinski definition) is 1. The molecule has 1 aliphatic carbocycles. The molecule has 0 bridgehead atoms. The van der Waals surface area contributed by atoms with Crippen LogP contribution in [0.2, 0.25) is 0 Å². The van der Waals surface area contributed by atoms with Gasteiger partial charge in [-0.05, 0) is 37.1 Å². The van der Waals surface area contributed by atoms with Gasteiger partial charge in [-0.3, -0.25) is 0 Å².